The molecule has 0 aromatic heterocycles. The Morgan fingerprint density at radius 2 is 1.67 bits per heavy atom. The Labute approximate surface area is 115 Å². The molecular weight excluding hydrogens is 292 g/mol. The number of benzene rings is 2. The van der Waals surface area contributed by atoms with Crippen molar-refractivity contribution in [1.29, 1.82) is 0 Å². The van der Waals surface area contributed by atoms with Crippen LogP contribution in [0.2, 0.25) is 0 Å². The van der Waals surface area contributed by atoms with E-state index in [1.165, 1.54) is 5.56 Å². The van der Waals surface area contributed by atoms with Gasteiger partial charge >= 0.3 is 0 Å². The van der Waals surface area contributed by atoms with Crippen molar-refractivity contribution in [2.75, 3.05) is 0 Å². The van der Waals surface area contributed by atoms with E-state index in [-0.39, 0.29) is 6.61 Å². The molecule has 0 bridgehead atoms. The molecule has 0 aliphatic heterocycles. The summed E-state index contributed by atoms with van der Waals surface area (Å²) in [6, 6.07) is 15.8. The molecule has 1 N–H and O–H groups in total. The van der Waals surface area contributed by atoms with Crippen LogP contribution in [0.1, 0.15) is 16.7 Å². The molecule has 0 unspecified atom stereocenters. The standard InChI is InChI=1S/C15H15BrO2/c16-9-12-3-1-5-14(7-12)11-18-15-6-2-4-13(8-15)10-17/h1-8,17H,9-11H2. The fourth-order valence-electron chi connectivity index (χ4n) is 1.70. The third-order valence-electron chi connectivity index (χ3n) is 2.63. The first-order chi connectivity index (χ1) is 8.81. The summed E-state index contributed by atoms with van der Waals surface area (Å²) in [5.74, 6) is 0.783. The third kappa shape index (κ3) is 3.59. The van der Waals surface area contributed by atoms with E-state index in [1.54, 1.807) is 0 Å². The first-order valence-corrected chi connectivity index (χ1v) is 6.90. The van der Waals surface area contributed by atoms with E-state index in [9.17, 15) is 0 Å². The van der Waals surface area contributed by atoms with E-state index in [0.29, 0.717) is 6.61 Å². The van der Waals surface area contributed by atoms with Crippen molar-refractivity contribution < 1.29 is 9.84 Å². The van der Waals surface area contributed by atoms with Crippen LogP contribution < -0.4 is 4.74 Å². The minimum atomic E-state index is 0.0380. The second kappa shape index (κ2) is 6.57. The van der Waals surface area contributed by atoms with Crippen LogP contribution in [0, 0.1) is 0 Å². The van der Waals surface area contributed by atoms with Crippen molar-refractivity contribution in [3.8, 4) is 5.75 Å². The minimum absolute atomic E-state index is 0.0380. The highest BCUT2D eigenvalue weighted by Crippen LogP contribution is 2.16. The fourth-order valence-corrected chi connectivity index (χ4v) is 2.05. The van der Waals surface area contributed by atoms with Crippen LogP contribution in [0.5, 0.6) is 5.75 Å². The topological polar surface area (TPSA) is 29.5 Å². The number of hydrogen-bond donors (Lipinski definition) is 1. The lowest BCUT2D eigenvalue weighted by molar-refractivity contribution is 0.278. The smallest absolute Gasteiger partial charge is 0.120 e. The number of rotatable bonds is 5. The summed E-state index contributed by atoms with van der Waals surface area (Å²) in [5, 5.41) is 9.90. The zero-order chi connectivity index (χ0) is 12.8. The van der Waals surface area contributed by atoms with Crippen molar-refractivity contribution in [2.24, 2.45) is 0 Å². The number of aliphatic hydroxyl groups is 1. The summed E-state index contributed by atoms with van der Waals surface area (Å²) in [7, 11) is 0. The molecule has 2 rings (SSSR count). The molecule has 0 fully saturated rings. The van der Waals surface area contributed by atoms with Crippen LogP contribution in [0.4, 0.5) is 0 Å². The number of alkyl halides is 1. The molecule has 2 nitrogen and oxygen atoms in total. The molecule has 0 saturated heterocycles. The van der Waals surface area contributed by atoms with E-state index in [1.807, 2.05) is 36.4 Å². The van der Waals surface area contributed by atoms with E-state index in [0.717, 1.165) is 22.2 Å². The van der Waals surface area contributed by atoms with E-state index < -0.39 is 0 Å². The number of halogens is 1. The van der Waals surface area contributed by atoms with Crippen LogP contribution >= 0.6 is 15.9 Å². The van der Waals surface area contributed by atoms with Crippen molar-refractivity contribution in [1.82, 2.24) is 0 Å². The van der Waals surface area contributed by atoms with Gasteiger partial charge in [-0.1, -0.05) is 52.3 Å². The first-order valence-electron chi connectivity index (χ1n) is 5.78. The molecule has 0 radical (unpaired) electrons. The Hall–Kier alpha value is -1.32. The SMILES string of the molecule is OCc1cccc(OCc2cccc(CBr)c2)c1. The van der Waals surface area contributed by atoms with Crippen LogP contribution in [0.15, 0.2) is 48.5 Å². The van der Waals surface area contributed by atoms with Gasteiger partial charge in [0.05, 0.1) is 6.61 Å². The summed E-state index contributed by atoms with van der Waals surface area (Å²) < 4.78 is 5.71. The van der Waals surface area contributed by atoms with Gasteiger partial charge in [-0.25, -0.2) is 0 Å². The van der Waals surface area contributed by atoms with Crippen molar-refractivity contribution in [3.63, 3.8) is 0 Å². The summed E-state index contributed by atoms with van der Waals surface area (Å²) in [6.07, 6.45) is 0. The van der Waals surface area contributed by atoms with Gasteiger partial charge in [0, 0.05) is 5.33 Å². The Kier molecular flexibility index (Phi) is 4.79. The summed E-state index contributed by atoms with van der Waals surface area (Å²) in [4.78, 5) is 0. The van der Waals surface area contributed by atoms with Crippen molar-refractivity contribution >= 4 is 15.9 Å². The van der Waals surface area contributed by atoms with Gasteiger partial charge in [-0.05, 0) is 28.8 Å². The van der Waals surface area contributed by atoms with E-state index >= 15 is 0 Å². The molecule has 18 heavy (non-hydrogen) atoms. The fraction of sp³-hybridized carbons (Fsp3) is 0.200. The van der Waals surface area contributed by atoms with Gasteiger partial charge in [-0.2, -0.15) is 0 Å². The zero-order valence-electron chi connectivity index (χ0n) is 9.97. The Balaban J connectivity index is 2.01. The van der Waals surface area contributed by atoms with Crippen LogP contribution in [0.3, 0.4) is 0 Å². The maximum absolute atomic E-state index is 9.05. The highest BCUT2D eigenvalue weighted by atomic mass is 79.9. The molecule has 0 atom stereocenters. The minimum Gasteiger partial charge on any atom is -0.489 e. The molecule has 0 saturated carbocycles. The monoisotopic (exact) mass is 306 g/mol. The molecule has 0 heterocycles. The van der Waals surface area contributed by atoms with Crippen LogP contribution in [-0.4, -0.2) is 5.11 Å². The molecule has 3 heteroatoms. The average molecular weight is 307 g/mol. The number of ether oxygens (including phenoxy) is 1. The Morgan fingerprint density at radius 1 is 0.944 bits per heavy atom. The molecule has 2 aromatic carbocycles. The molecule has 2 aromatic rings. The molecule has 94 valence electrons. The summed E-state index contributed by atoms with van der Waals surface area (Å²) in [5.41, 5.74) is 3.24. The first kappa shape index (κ1) is 13.1. The second-order valence-corrected chi connectivity index (χ2v) is 4.61. The average Bonchev–Trinajstić information content (AvgIpc) is 2.45. The number of hydrogen-bond acceptors (Lipinski definition) is 2. The zero-order valence-corrected chi connectivity index (χ0v) is 11.6. The van der Waals surface area contributed by atoms with Crippen molar-refractivity contribution in [3.05, 3.63) is 65.2 Å². The molecule has 0 aliphatic carbocycles. The van der Waals surface area contributed by atoms with Gasteiger partial charge in [-0.3, -0.25) is 0 Å². The lowest BCUT2D eigenvalue weighted by Crippen LogP contribution is -1.96. The lowest BCUT2D eigenvalue weighted by Gasteiger charge is -2.08. The van der Waals surface area contributed by atoms with Gasteiger partial charge in [0.2, 0.25) is 0 Å². The largest absolute Gasteiger partial charge is 0.489 e. The normalized spacial score (nSPS) is 10.3. The predicted octanol–water partition coefficient (Wildman–Crippen LogP) is 3.65. The molecule has 0 aliphatic rings. The van der Waals surface area contributed by atoms with E-state index in [4.69, 9.17) is 9.84 Å². The van der Waals surface area contributed by atoms with Crippen LogP contribution in [0.25, 0.3) is 0 Å². The molecule has 0 spiro atoms. The maximum atomic E-state index is 9.05. The second-order valence-electron chi connectivity index (χ2n) is 4.05. The van der Waals surface area contributed by atoms with Gasteiger partial charge in [-0.15, -0.1) is 0 Å². The van der Waals surface area contributed by atoms with Gasteiger partial charge in [0.15, 0.2) is 0 Å². The van der Waals surface area contributed by atoms with E-state index in [2.05, 4.69) is 28.1 Å². The number of aliphatic hydroxyl groups excluding tert-OH is 1. The van der Waals surface area contributed by atoms with Gasteiger partial charge < -0.3 is 9.84 Å². The van der Waals surface area contributed by atoms with Crippen LogP contribution in [-0.2, 0) is 18.5 Å². The highest BCUT2D eigenvalue weighted by molar-refractivity contribution is 9.08. The lowest BCUT2D eigenvalue weighted by atomic mass is 10.1. The molecule has 0 amide bonds. The quantitative estimate of drug-likeness (QED) is 0.854. The Morgan fingerprint density at radius 3 is 2.44 bits per heavy atom. The predicted molar refractivity (Wildman–Crippen MR) is 75.8 cm³/mol. The maximum Gasteiger partial charge on any atom is 0.120 e. The summed E-state index contributed by atoms with van der Waals surface area (Å²) >= 11 is 3.44. The third-order valence-corrected chi connectivity index (χ3v) is 3.28. The highest BCUT2D eigenvalue weighted by Gasteiger charge is 1.99. The van der Waals surface area contributed by atoms with Gasteiger partial charge in [0.1, 0.15) is 12.4 Å². The Bertz CT molecular complexity index is 464. The molecular formula is C15H15BrO2. The van der Waals surface area contributed by atoms with Crippen molar-refractivity contribution in [2.45, 2.75) is 18.5 Å². The summed E-state index contributed by atoms with van der Waals surface area (Å²) in [6.45, 7) is 0.575. The van der Waals surface area contributed by atoms with Gasteiger partial charge in [0.25, 0.3) is 0 Å².